The van der Waals surface area contributed by atoms with E-state index in [9.17, 15) is 0 Å². The van der Waals surface area contributed by atoms with Crippen molar-refractivity contribution in [1.29, 1.82) is 0 Å². The summed E-state index contributed by atoms with van der Waals surface area (Å²) in [4.78, 5) is 5.94. The minimum atomic E-state index is 0.717. The molecule has 2 N–H and O–H groups in total. The van der Waals surface area contributed by atoms with E-state index in [1.54, 1.807) is 11.3 Å². The SMILES string of the molecule is CCc1cc(-c2nc3ccc(Cl)cc3n2C)c(N)s1. The van der Waals surface area contributed by atoms with Gasteiger partial charge in [0.1, 0.15) is 5.82 Å². The molecular weight excluding hydrogens is 278 g/mol. The van der Waals surface area contributed by atoms with Gasteiger partial charge in [0, 0.05) is 16.9 Å². The summed E-state index contributed by atoms with van der Waals surface area (Å²) in [6, 6.07) is 7.85. The molecule has 0 aliphatic rings. The van der Waals surface area contributed by atoms with Crippen molar-refractivity contribution in [3.8, 4) is 11.4 Å². The summed E-state index contributed by atoms with van der Waals surface area (Å²) in [6.45, 7) is 2.13. The van der Waals surface area contributed by atoms with Crippen LogP contribution in [0.5, 0.6) is 0 Å². The zero-order valence-electron chi connectivity index (χ0n) is 10.8. The number of nitrogens with zero attached hydrogens (tertiary/aromatic N) is 2. The molecule has 2 heterocycles. The Hall–Kier alpha value is -1.52. The van der Waals surface area contributed by atoms with Gasteiger partial charge in [-0.15, -0.1) is 11.3 Å². The van der Waals surface area contributed by atoms with Gasteiger partial charge in [0.15, 0.2) is 0 Å². The molecule has 0 spiro atoms. The molecule has 0 unspecified atom stereocenters. The maximum Gasteiger partial charge on any atom is 0.143 e. The number of hydrogen-bond donors (Lipinski definition) is 1. The second-order valence-corrected chi connectivity index (χ2v) is 6.08. The van der Waals surface area contributed by atoms with E-state index in [4.69, 9.17) is 17.3 Å². The number of thiophene rings is 1. The van der Waals surface area contributed by atoms with Crippen LogP contribution in [0.4, 0.5) is 5.00 Å². The molecule has 0 bridgehead atoms. The van der Waals surface area contributed by atoms with Crippen LogP contribution < -0.4 is 5.73 Å². The fraction of sp³-hybridized carbons (Fsp3) is 0.214. The van der Waals surface area contributed by atoms with Crippen molar-refractivity contribution in [2.75, 3.05) is 5.73 Å². The van der Waals surface area contributed by atoms with E-state index in [-0.39, 0.29) is 0 Å². The third-order valence-corrected chi connectivity index (χ3v) is 4.59. The van der Waals surface area contributed by atoms with E-state index in [1.165, 1.54) is 4.88 Å². The summed E-state index contributed by atoms with van der Waals surface area (Å²) in [5.41, 5.74) is 9.07. The van der Waals surface area contributed by atoms with Crippen LogP contribution in [-0.4, -0.2) is 9.55 Å². The fourth-order valence-corrected chi connectivity index (χ4v) is 3.24. The zero-order chi connectivity index (χ0) is 13.6. The first-order valence-corrected chi connectivity index (χ1v) is 7.30. The number of imidazole rings is 1. The van der Waals surface area contributed by atoms with Crippen LogP contribution in [0.2, 0.25) is 5.02 Å². The molecular formula is C14H14ClN3S. The Morgan fingerprint density at radius 1 is 1.37 bits per heavy atom. The van der Waals surface area contributed by atoms with E-state index in [2.05, 4.69) is 18.0 Å². The van der Waals surface area contributed by atoms with E-state index >= 15 is 0 Å². The van der Waals surface area contributed by atoms with Gasteiger partial charge in [-0.1, -0.05) is 18.5 Å². The molecule has 0 aliphatic carbocycles. The highest BCUT2D eigenvalue weighted by Gasteiger charge is 2.15. The molecule has 0 amide bonds. The van der Waals surface area contributed by atoms with Gasteiger partial charge >= 0.3 is 0 Å². The summed E-state index contributed by atoms with van der Waals surface area (Å²) >= 11 is 7.67. The topological polar surface area (TPSA) is 43.8 Å². The molecule has 1 aromatic carbocycles. The summed E-state index contributed by atoms with van der Waals surface area (Å²) in [5, 5.41) is 1.54. The number of anilines is 1. The molecule has 2 aromatic heterocycles. The van der Waals surface area contributed by atoms with Crippen LogP contribution in [0.1, 0.15) is 11.8 Å². The van der Waals surface area contributed by atoms with Crippen LogP contribution in [0.15, 0.2) is 24.3 Å². The van der Waals surface area contributed by atoms with E-state index in [1.807, 2.05) is 29.8 Å². The monoisotopic (exact) mass is 291 g/mol. The predicted molar refractivity (Wildman–Crippen MR) is 82.8 cm³/mol. The summed E-state index contributed by atoms with van der Waals surface area (Å²) < 4.78 is 2.04. The first-order chi connectivity index (χ1) is 9.10. The Morgan fingerprint density at radius 2 is 2.16 bits per heavy atom. The highest BCUT2D eigenvalue weighted by atomic mass is 35.5. The lowest BCUT2D eigenvalue weighted by Crippen LogP contribution is -1.93. The molecule has 0 aliphatic heterocycles. The van der Waals surface area contributed by atoms with Crippen LogP contribution >= 0.6 is 22.9 Å². The number of aryl methyl sites for hydroxylation is 2. The molecule has 0 saturated carbocycles. The number of nitrogen functional groups attached to an aromatic ring is 1. The van der Waals surface area contributed by atoms with Crippen LogP contribution in [0, 0.1) is 0 Å². The smallest absolute Gasteiger partial charge is 0.143 e. The quantitative estimate of drug-likeness (QED) is 0.772. The Kier molecular flexibility index (Phi) is 2.99. The molecule has 0 saturated heterocycles. The summed E-state index contributed by atoms with van der Waals surface area (Å²) in [7, 11) is 1.99. The van der Waals surface area contributed by atoms with Gasteiger partial charge in [-0.05, 0) is 30.7 Å². The Morgan fingerprint density at radius 3 is 2.84 bits per heavy atom. The molecule has 3 rings (SSSR count). The highest BCUT2D eigenvalue weighted by molar-refractivity contribution is 7.16. The minimum Gasteiger partial charge on any atom is -0.390 e. The molecule has 98 valence electrons. The molecule has 0 atom stereocenters. The summed E-state index contributed by atoms with van der Waals surface area (Å²) in [6.07, 6.45) is 0.991. The van der Waals surface area contributed by atoms with Crippen LogP contribution in [-0.2, 0) is 13.5 Å². The van der Waals surface area contributed by atoms with Crippen molar-refractivity contribution in [3.63, 3.8) is 0 Å². The summed E-state index contributed by atoms with van der Waals surface area (Å²) in [5.74, 6) is 0.894. The lowest BCUT2D eigenvalue weighted by Gasteiger charge is -2.01. The third kappa shape index (κ3) is 2.01. The highest BCUT2D eigenvalue weighted by Crippen LogP contribution is 2.35. The van der Waals surface area contributed by atoms with E-state index in [0.717, 1.165) is 38.9 Å². The average molecular weight is 292 g/mol. The Balaban J connectivity index is 2.24. The lowest BCUT2D eigenvalue weighted by molar-refractivity contribution is 0.960. The molecule has 0 fully saturated rings. The molecule has 0 radical (unpaired) electrons. The second kappa shape index (κ2) is 4.54. The number of benzene rings is 1. The lowest BCUT2D eigenvalue weighted by atomic mass is 10.2. The standard InChI is InChI=1S/C14H14ClN3S/c1-3-9-7-10(13(16)19-9)14-17-11-5-4-8(15)6-12(11)18(14)2/h4-7H,3,16H2,1-2H3. The number of fused-ring (bicyclic) bond motifs is 1. The van der Waals surface area contributed by atoms with Crippen molar-refractivity contribution in [2.24, 2.45) is 7.05 Å². The van der Waals surface area contributed by atoms with Gasteiger partial charge in [0.25, 0.3) is 0 Å². The number of rotatable bonds is 2. The molecule has 3 aromatic rings. The average Bonchev–Trinajstić information content (AvgIpc) is 2.91. The van der Waals surface area contributed by atoms with Crippen molar-refractivity contribution in [2.45, 2.75) is 13.3 Å². The Labute approximate surface area is 120 Å². The van der Waals surface area contributed by atoms with Crippen LogP contribution in [0.25, 0.3) is 22.4 Å². The predicted octanol–water partition coefficient (Wildman–Crippen LogP) is 4.10. The van der Waals surface area contributed by atoms with Gasteiger partial charge in [0.2, 0.25) is 0 Å². The van der Waals surface area contributed by atoms with Crippen LogP contribution in [0.3, 0.4) is 0 Å². The largest absolute Gasteiger partial charge is 0.390 e. The van der Waals surface area contributed by atoms with E-state index < -0.39 is 0 Å². The number of halogens is 1. The van der Waals surface area contributed by atoms with Gasteiger partial charge in [-0.25, -0.2) is 4.98 Å². The van der Waals surface area contributed by atoms with E-state index in [0.29, 0.717) is 0 Å². The molecule has 3 nitrogen and oxygen atoms in total. The van der Waals surface area contributed by atoms with Crippen molar-refractivity contribution in [1.82, 2.24) is 9.55 Å². The van der Waals surface area contributed by atoms with Crippen molar-refractivity contribution in [3.05, 3.63) is 34.2 Å². The number of hydrogen-bond acceptors (Lipinski definition) is 3. The van der Waals surface area contributed by atoms with Gasteiger partial charge in [-0.3, -0.25) is 0 Å². The first-order valence-electron chi connectivity index (χ1n) is 6.10. The first kappa shape index (κ1) is 12.5. The minimum absolute atomic E-state index is 0.717. The molecule has 19 heavy (non-hydrogen) atoms. The maximum atomic E-state index is 6.11. The maximum absolute atomic E-state index is 6.11. The normalized spacial score (nSPS) is 11.3. The number of aromatic nitrogens is 2. The third-order valence-electron chi connectivity index (χ3n) is 3.24. The fourth-order valence-electron chi connectivity index (χ4n) is 2.21. The van der Waals surface area contributed by atoms with Gasteiger partial charge < -0.3 is 10.3 Å². The van der Waals surface area contributed by atoms with Crippen molar-refractivity contribution >= 4 is 39.0 Å². The number of nitrogens with two attached hydrogens (primary N) is 1. The van der Waals surface area contributed by atoms with Gasteiger partial charge in [0.05, 0.1) is 21.6 Å². The van der Waals surface area contributed by atoms with Crippen molar-refractivity contribution < 1.29 is 0 Å². The zero-order valence-corrected chi connectivity index (χ0v) is 12.3. The van der Waals surface area contributed by atoms with Gasteiger partial charge in [-0.2, -0.15) is 0 Å². The molecule has 5 heteroatoms. The second-order valence-electron chi connectivity index (χ2n) is 4.47. The Bertz CT molecular complexity index is 757.